The molecule has 0 unspecified atom stereocenters. The normalized spacial score (nSPS) is 11.8. The van der Waals surface area contributed by atoms with Gasteiger partial charge in [-0.1, -0.05) is 19.1 Å². The first-order chi connectivity index (χ1) is 14.0. The molecule has 0 spiro atoms. The van der Waals surface area contributed by atoms with Crippen molar-refractivity contribution in [1.29, 1.82) is 5.41 Å². The summed E-state index contributed by atoms with van der Waals surface area (Å²) in [6, 6.07) is 5.84. The van der Waals surface area contributed by atoms with Gasteiger partial charge in [0.1, 0.15) is 11.3 Å². The van der Waals surface area contributed by atoms with Crippen molar-refractivity contribution in [3.05, 3.63) is 35.8 Å². The van der Waals surface area contributed by atoms with Gasteiger partial charge in [0.05, 0.1) is 17.6 Å². The molecular weight excluding hydrogens is 366 g/mol. The van der Waals surface area contributed by atoms with E-state index in [1.54, 1.807) is 11.8 Å². The fraction of sp³-hybridized carbons (Fsp3) is 0.333. The first-order valence-corrected chi connectivity index (χ1v) is 9.76. The third kappa shape index (κ3) is 4.21. The Bertz CT molecular complexity index is 1080. The number of aromatic amines is 1. The summed E-state index contributed by atoms with van der Waals surface area (Å²) in [6.07, 6.45) is 4.17. The van der Waals surface area contributed by atoms with Gasteiger partial charge < -0.3 is 26.3 Å². The number of nitrogen functional groups attached to an aromatic ring is 1. The van der Waals surface area contributed by atoms with Gasteiger partial charge in [-0.25, -0.2) is 9.97 Å². The first kappa shape index (κ1) is 20.3. The molecule has 8 nitrogen and oxygen atoms in total. The van der Waals surface area contributed by atoms with Crippen LogP contribution in [0.3, 0.4) is 0 Å². The van der Waals surface area contributed by atoms with Gasteiger partial charge in [0.2, 0.25) is 5.91 Å². The topological polar surface area (TPSA) is 124 Å². The second kappa shape index (κ2) is 8.72. The molecule has 1 aromatic carbocycles. The molecule has 0 radical (unpaired) electrons. The average molecular weight is 393 g/mol. The van der Waals surface area contributed by atoms with Crippen molar-refractivity contribution in [2.45, 2.75) is 33.7 Å². The Morgan fingerprint density at radius 3 is 2.79 bits per heavy atom. The Morgan fingerprint density at radius 2 is 2.14 bits per heavy atom. The van der Waals surface area contributed by atoms with Gasteiger partial charge in [0.15, 0.2) is 5.82 Å². The quantitative estimate of drug-likeness (QED) is 0.346. The van der Waals surface area contributed by atoms with Crippen LogP contribution in [0.1, 0.15) is 38.6 Å². The van der Waals surface area contributed by atoms with Gasteiger partial charge in [-0.05, 0) is 25.0 Å². The molecule has 1 amide bonds. The summed E-state index contributed by atoms with van der Waals surface area (Å²) >= 11 is 0. The minimum Gasteiger partial charge on any atom is -0.390 e. The number of nitrogens with two attached hydrogens (primary N) is 1. The Kier molecular flexibility index (Phi) is 6.11. The lowest BCUT2D eigenvalue weighted by molar-refractivity contribution is -0.129. The second-order valence-corrected chi connectivity index (χ2v) is 6.87. The Hall–Kier alpha value is -3.42. The molecule has 0 fully saturated rings. The van der Waals surface area contributed by atoms with E-state index < -0.39 is 0 Å². The number of hydrogen-bond acceptors (Lipinski definition) is 6. The number of benzene rings is 1. The van der Waals surface area contributed by atoms with E-state index in [0.717, 1.165) is 40.5 Å². The molecule has 8 heteroatoms. The molecule has 0 saturated heterocycles. The number of nitrogens with zero attached hydrogens (tertiary/aromatic N) is 3. The molecule has 5 N–H and O–H groups in total. The molecule has 152 valence electrons. The average Bonchev–Trinajstić information content (AvgIpc) is 3.14. The van der Waals surface area contributed by atoms with Crippen molar-refractivity contribution in [1.82, 2.24) is 25.2 Å². The number of anilines is 1. The minimum absolute atomic E-state index is 0.00352. The molecule has 0 aliphatic carbocycles. The molecule has 2 aromatic heterocycles. The zero-order valence-electron chi connectivity index (χ0n) is 17.0. The van der Waals surface area contributed by atoms with Crippen molar-refractivity contribution >= 4 is 45.4 Å². The fourth-order valence-electron chi connectivity index (χ4n) is 3.24. The van der Waals surface area contributed by atoms with E-state index in [9.17, 15) is 4.79 Å². The number of amides is 1. The molecule has 3 aromatic rings. The standard InChI is InChI=1S/C21H27N7O/c1-4-8-24-11-15(10-22)14-6-7-16-17(9-14)25-21(23)20-19(16)26-18(27-20)12-28(5-2)13(3)29/h6-7,9-11,22,24H,4-5,8,12H2,1-3H3,(H2,23,25)(H,26,27)/b15-11+,22-10?. The maximum absolute atomic E-state index is 11.7. The van der Waals surface area contributed by atoms with E-state index in [2.05, 4.69) is 27.2 Å². The van der Waals surface area contributed by atoms with Gasteiger partial charge in [-0.2, -0.15) is 0 Å². The third-order valence-electron chi connectivity index (χ3n) is 4.81. The van der Waals surface area contributed by atoms with Crippen molar-refractivity contribution in [3.8, 4) is 0 Å². The van der Waals surface area contributed by atoms with E-state index in [0.29, 0.717) is 30.2 Å². The maximum Gasteiger partial charge on any atom is 0.219 e. The molecule has 0 bridgehead atoms. The van der Waals surface area contributed by atoms with Crippen molar-refractivity contribution in [3.63, 3.8) is 0 Å². The largest absolute Gasteiger partial charge is 0.390 e. The lowest BCUT2D eigenvalue weighted by atomic mass is 10.0. The van der Waals surface area contributed by atoms with E-state index in [1.807, 2.05) is 31.3 Å². The monoisotopic (exact) mass is 393 g/mol. The van der Waals surface area contributed by atoms with Crippen LogP contribution < -0.4 is 11.1 Å². The number of nitrogens with one attached hydrogen (secondary N) is 3. The van der Waals surface area contributed by atoms with Gasteiger partial charge in [-0.3, -0.25) is 4.79 Å². The molecule has 29 heavy (non-hydrogen) atoms. The van der Waals surface area contributed by atoms with Crippen LogP contribution in [0.15, 0.2) is 24.4 Å². The molecule has 0 aliphatic rings. The molecule has 0 atom stereocenters. The number of rotatable bonds is 8. The van der Waals surface area contributed by atoms with Crippen molar-refractivity contribution in [2.24, 2.45) is 0 Å². The van der Waals surface area contributed by atoms with E-state index in [4.69, 9.17) is 11.1 Å². The summed E-state index contributed by atoms with van der Waals surface area (Å²) in [5, 5.41) is 11.8. The third-order valence-corrected chi connectivity index (χ3v) is 4.81. The van der Waals surface area contributed by atoms with Crippen LogP contribution in [0.25, 0.3) is 27.5 Å². The predicted octanol–water partition coefficient (Wildman–Crippen LogP) is 3.05. The molecule has 2 heterocycles. The van der Waals surface area contributed by atoms with Gasteiger partial charge in [0.25, 0.3) is 0 Å². The number of allylic oxidation sites excluding steroid dienone is 1. The Balaban J connectivity index is 2.04. The Morgan fingerprint density at radius 1 is 1.34 bits per heavy atom. The first-order valence-electron chi connectivity index (χ1n) is 9.76. The smallest absolute Gasteiger partial charge is 0.219 e. The number of fused-ring (bicyclic) bond motifs is 3. The van der Waals surface area contributed by atoms with Crippen LogP contribution >= 0.6 is 0 Å². The van der Waals surface area contributed by atoms with Crippen LogP contribution in [0.5, 0.6) is 0 Å². The summed E-state index contributed by atoms with van der Waals surface area (Å²) < 4.78 is 0. The SMILES string of the molecule is CCCN/C=C(\C=N)c1ccc2c(c1)nc(N)c1nc(CN(CC)C(C)=O)[nH]c12. The zero-order chi connectivity index (χ0) is 21.0. The van der Waals surface area contributed by atoms with Crippen LogP contribution in [-0.4, -0.2) is 45.1 Å². The van der Waals surface area contributed by atoms with Gasteiger partial charge in [-0.15, -0.1) is 0 Å². The van der Waals surface area contributed by atoms with E-state index in [1.165, 1.54) is 6.21 Å². The van der Waals surface area contributed by atoms with Crippen molar-refractivity contribution in [2.75, 3.05) is 18.8 Å². The summed E-state index contributed by atoms with van der Waals surface area (Å²) in [5.74, 6) is 1.00. The van der Waals surface area contributed by atoms with Crippen molar-refractivity contribution < 1.29 is 4.79 Å². The van der Waals surface area contributed by atoms with Crippen LogP contribution in [0.4, 0.5) is 5.82 Å². The molecule has 3 rings (SSSR count). The minimum atomic E-state index is -0.00352. The summed E-state index contributed by atoms with van der Waals surface area (Å²) in [5.41, 5.74) is 9.96. The van der Waals surface area contributed by atoms with Gasteiger partial charge >= 0.3 is 0 Å². The number of carbonyl (C=O) groups is 1. The highest BCUT2D eigenvalue weighted by Crippen LogP contribution is 2.28. The number of hydrogen-bond donors (Lipinski definition) is 4. The van der Waals surface area contributed by atoms with Crippen LogP contribution in [-0.2, 0) is 11.3 Å². The molecule has 0 saturated carbocycles. The highest BCUT2D eigenvalue weighted by molar-refractivity contribution is 6.11. The number of imidazole rings is 1. The summed E-state index contributed by atoms with van der Waals surface area (Å²) in [6.45, 7) is 7.41. The zero-order valence-corrected chi connectivity index (χ0v) is 17.0. The highest BCUT2D eigenvalue weighted by atomic mass is 16.2. The lowest BCUT2D eigenvalue weighted by Gasteiger charge is -2.16. The number of H-pyrrole nitrogens is 1. The number of pyridine rings is 1. The van der Waals surface area contributed by atoms with Crippen LogP contribution in [0, 0.1) is 5.41 Å². The van der Waals surface area contributed by atoms with E-state index in [-0.39, 0.29) is 5.91 Å². The number of carbonyl (C=O) groups excluding carboxylic acids is 1. The molecule has 0 aliphatic heterocycles. The van der Waals surface area contributed by atoms with Gasteiger partial charge in [0, 0.05) is 43.4 Å². The molecular formula is C21H27N7O. The summed E-state index contributed by atoms with van der Waals surface area (Å²) in [4.78, 5) is 25.8. The van der Waals surface area contributed by atoms with Crippen LogP contribution in [0.2, 0.25) is 0 Å². The fourth-order valence-corrected chi connectivity index (χ4v) is 3.24. The lowest BCUT2D eigenvalue weighted by Crippen LogP contribution is -2.28. The summed E-state index contributed by atoms with van der Waals surface area (Å²) in [7, 11) is 0. The van der Waals surface area contributed by atoms with E-state index >= 15 is 0 Å². The highest BCUT2D eigenvalue weighted by Gasteiger charge is 2.15. The number of aromatic nitrogens is 3. The predicted molar refractivity (Wildman–Crippen MR) is 118 cm³/mol. The second-order valence-electron chi connectivity index (χ2n) is 6.87. The Labute approximate surface area is 169 Å². The maximum atomic E-state index is 11.7.